The lowest BCUT2D eigenvalue weighted by atomic mass is 10.2. The summed E-state index contributed by atoms with van der Waals surface area (Å²) in [6.07, 6.45) is 4.69. The maximum atomic E-state index is 10.3. The summed E-state index contributed by atoms with van der Waals surface area (Å²) in [6, 6.07) is 52.6. The number of rotatable bonds is 8. The summed E-state index contributed by atoms with van der Waals surface area (Å²) in [4.78, 5) is 0. The SMILES string of the molecule is [O-]c1ccccc1.c1ccc(C[P+](Cc2ccccc2)(Cc2ccccc2)Cc2ccccc2)cc1. The Kier molecular flexibility index (Phi) is 9.48. The first-order chi connectivity index (χ1) is 17.7. The fourth-order valence-corrected chi connectivity index (χ4v) is 9.25. The van der Waals surface area contributed by atoms with Crippen molar-refractivity contribution < 1.29 is 5.11 Å². The number of hydrogen-bond acceptors (Lipinski definition) is 1. The van der Waals surface area contributed by atoms with Crippen molar-refractivity contribution in [2.24, 2.45) is 0 Å². The van der Waals surface area contributed by atoms with Crippen LogP contribution in [0.2, 0.25) is 0 Å². The zero-order valence-electron chi connectivity index (χ0n) is 20.6. The molecule has 0 heterocycles. The molecule has 0 radical (unpaired) electrons. The van der Waals surface area contributed by atoms with Crippen molar-refractivity contribution >= 4 is 7.26 Å². The van der Waals surface area contributed by atoms with Crippen molar-refractivity contribution in [3.8, 4) is 5.75 Å². The molecule has 0 N–H and O–H groups in total. The summed E-state index contributed by atoms with van der Waals surface area (Å²) < 4.78 is 0. The van der Waals surface area contributed by atoms with E-state index < -0.39 is 7.26 Å². The smallest absolute Gasteiger partial charge is 0.0852 e. The molecule has 0 saturated carbocycles. The molecule has 0 spiro atoms. The van der Waals surface area contributed by atoms with Crippen LogP contribution in [0.25, 0.3) is 0 Å². The van der Waals surface area contributed by atoms with Crippen LogP contribution in [0.3, 0.4) is 0 Å². The minimum atomic E-state index is -1.38. The van der Waals surface area contributed by atoms with Crippen LogP contribution in [0, 0.1) is 0 Å². The molecule has 0 aliphatic heterocycles. The first-order valence-corrected chi connectivity index (χ1v) is 15.0. The maximum absolute atomic E-state index is 10.3. The van der Waals surface area contributed by atoms with Crippen molar-refractivity contribution in [3.63, 3.8) is 0 Å². The Hall–Kier alpha value is -3.67. The molecule has 0 saturated heterocycles. The number of para-hydroxylation sites is 1. The predicted octanol–water partition coefficient (Wildman–Crippen LogP) is 8.57. The van der Waals surface area contributed by atoms with E-state index in [-0.39, 0.29) is 5.75 Å². The van der Waals surface area contributed by atoms with Crippen molar-refractivity contribution in [1.82, 2.24) is 0 Å². The van der Waals surface area contributed by atoms with Gasteiger partial charge in [0.2, 0.25) is 0 Å². The third kappa shape index (κ3) is 8.22. The normalized spacial score (nSPS) is 10.8. The third-order valence-electron chi connectivity index (χ3n) is 6.19. The summed E-state index contributed by atoms with van der Waals surface area (Å²) in [6.45, 7) is 0. The van der Waals surface area contributed by atoms with E-state index >= 15 is 0 Å². The van der Waals surface area contributed by atoms with E-state index in [9.17, 15) is 5.11 Å². The van der Waals surface area contributed by atoms with Gasteiger partial charge < -0.3 is 5.11 Å². The van der Waals surface area contributed by atoms with E-state index in [2.05, 4.69) is 121 Å². The van der Waals surface area contributed by atoms with Gasteiger partial charge in [-0.3, -0.25) is 0 Å². The fourth-order valence-electron chi connectivity index (χ4n) is 4.64. The van der Waals surface area contributed by atoms with Gasteiger partial charge in [-0.1, -0.05) is 152 Å². The van der Waals surface area contributed by atoms with Crippen LogP contribution in [0.15, 0.2) is 152 Å². The molecule has 36 heavy (non-hydrogen) atoms. The van der Waals surface area contributed by atoms with Crippen molar-refractivity contribution in [1.29, 1.82) is 0 Å². The van der Waals surface area contributed by atoms with Gasteiger partial charge in [-0.25, -0.2) is 0 Å². The van der Waals surface area contributed by atoms with Crippen molar-refractivity contribution in [2.75, 3.05) is 0 Å². The van der Waals surface area contributed by atoms with Gasteiger partial charge in [-0.15, -0.1) is 5.75 Å². The molecule has 1 nitrogen and oxygen atoms in total. The second-order valence-electron chi connectivity index (χ2n) is 9.23. The molecule has 0 atom stereocenters. The summed E-state index contributed by atoms with van der Waals surface area (Å²) in [5, 5.41) is 10.3. The van der Waals surface area contributed by atoms with Gasteiger partial charge in [-0.2, -0.15) is 0 Å². The van der Waals surface area contributed by atoms with Gasteiger partial charge in [0, 0.05) is 7.26 Å². The average molecular weight is 489 g/mol. The van der Waals surface area contributed by atoms with Crippen LogP contribution in [0.4, 0.5) is 0 Å². The van der Waals surface area contributed by atoms with Crippen LogP contribution in [-0.4, -0.2) is 0 Å². The first-order valence-electron chi connectivity index (χ1n) is 12.4. The summed E-state index contributed by atoms with van der Waals surface area (Å²) in [5.41, 5.74) is 5.85. The average Bonchev–Trinajstić information content (AvgIpc) is 2.92. The summed E-state index contributed by atoms with van der Waals surface area (Å²) in [7, 11) is -1.38. The molecule has 0 aromatic heterocycles. The molecule has 0 unspecified atom stereocenters. The van der Waals surface area contributed by atoms with E-state index in [1.54, 1.807) is 12.1 Å². The Bertz CT molecular complexity index is 1090. The van der Waals surface area contributed by atoms with Gasteiger partial charge in [-0.05, 0) is 22.3 Å². The largest absolute Gasteiger partial charge is 0.872 e. The molecule has 2 heteroatoms. The molecule has 5 aromatic carbocycles. The zero-order valence-corrected chi connectivity index (χ0v) is 21.5. The first kappa shape index (κ1) is 25.4. The molecule has 5 aromatic rings. The maximum Gasteiger partial charge on any atom is 0.0852 e. The minimum absolute atomic E-state index is 0.0718. The Balaban J connectivity index is 0.000000375. The summed E-state index contributed by atoms with van der Waals surface area (Å²) in [5.74, 6) is 0.0718. The number of benzene rings is 5. The Morgan fingerprint density at radius 3 is 0.750 bits per heavy atom. The van der Waals surface area contributed by atoms with E-state index in [4.69, 9.17) is 0 Å². The number of hydrogen-bond donors (Lipinski definition) is 0. The molecular formula is C34H33OP. The van der Waals surface area contributed by atoms with Crippen LogP contribution in [0.5, 0.6) is 5.75 Å². The molecule has 0 bridgehead atoms. The minimum Gasteiger partial charge on any atom is -0.872 e. The van der Waals surface area contributed by atoms with E-state index in [1.807, 2.05) is 6.07 Å². The Morgan fingerprint density at radius 2 is 0.556 bits per heavy atom. The molecule has 0 fully saturated rings. The topological polar surface area (TPSA) is 23.1 Å². The second kappa shape index (κ2) is 13.4. The quantitative estimate of drug-likeness (QED) is 0.201. The van der Waals surface area contributed by atoms with Crippen LogP contribution >= 0.6 is 7.26 Å². The van der Waals surface area contributed by atoms with Crippen molar-refractivity contribution in [3.05, 3.63) is 174 Å². The van der Waals surface area contributed by atoms with Gasteiger partial charge in [0.1, 0.15) is 0 Å². The highest BCUT2D eigenvalue weighted by atomic mass is 31.2. The molecule has 0 aliphatic carbocycles. The zero-order chi connectivity index (χ0) is 24.9. The van der Waals surface area contributed by atoms with Crippen molar-refractivity contribution in [2.45, 2.75) is 24.6 Å². The standard InChI is InChI=1S/C28H28P.C6H6O/c1-5-13-25(14-6-1)21-29(22-26-15-7-2-8-16-26,23-27-17-9-3-10-18-27)24-28-19-11-4-12-20-28;7-6-4-2-1-3-5-6/h1-20H,21-24H2;1-5,7H/q+1;/p-1. The van der Waals surface area contributed by atoms with Gasteiger partial charge in [0.05, 0.1) is 24.6 Å². The Labute approximate surface area is 216 Å². The Morgan fingerprint density at radius 1 is 0.333 bits per heavy atom. The highest BCUT2D eigenvalue weighted by Crippen LogP contribution is 2.68. The molecule has 0 amide bonds. The molecular weight excluding hydrogens is 455 g/mol. The highest BCUT2D eigenvalue weighted by Gasteiger charge is 2.38. The van der Waals surface area contributed by atoms with E-state index in [0.29, 0.717) is 0 Å². The lowest BCUT2D eigenvalue weighted by Crippen LogP contribution is -2.08. The lowest BCUT2D eigenvalue weighted by Gasteiger charge is -2.29. The molecule has 180 valence electrons. The second-order valence-corrected chi connectivity index (χ2v) is 13.2. The highest BCUT2D eigenvalue weighted by molar-refractivity contribution is 7.72. The third-order valence-corrected chi connectivity index (χ3v) is 10.3. The predicted molar refractivity (Wildman–Crippen MR) is 153 cm³/mol. The monoisotopic (exact) mass is 488 g/mol. The molecule has 5 rings (SSSR count). The van der Waals surface area contributed by atoms with Gasteiger partial charge >= 0.3 is 0 Å². The lowest BCUT2D eigenvalue weighted by molar-refractivity contribution is -0.268. The van der Waals surface area contributed by atoms with Crippen LogP contribution in [-0.2, 0) is 24.6 Å². The van der Waals surface area contributed by atoms with Crippen LogP contribution in [0.1, 0.15) is 22.3 Å². The van der Waals surface area contributed by atoms with Gasteiger partial charge in [0.25, 0.3) is 0 Å². The van der Waals surface area contributed by atoms with E-state index in [0.717, 1.165) is 0 Å². The fraction of sp³-hybridized carbons (Fsp3) is 0.118. The van der Waals surface area contributed by atoms with Gasteiger partial charge in [0.15, 0.2) is 0 Å². The van der Waals surface area contributed by atoms with E-state index in [1.165, 1.54) is 59.0 Å². The van der Waals surface area contributed by atoms with Crippen LogP contribution < -0.4 is 5.11 Å². The summed E-state index contributed by atoms with van der Waals surface area (Å²) >= 11 is 0. The molecule has 0 aliphatic rings.